The molecule has 3 unspecified atom stereocenters. The summed E-state index contributed by atoms with van der Waals surface area (Å²) in [6.45, 7) is 5.41. The Morgan fingerprint density at radius 3 is 3.00 bits per heavy atom. The third-order valence-electron chi connectivity index (χ3n) is 4.49. The minimum Gasteiger partial charge on any atom is -0.463 e. The molecular formula is C17H27NO3. The van der Waals surface area contributed by atoms with Crippen molar-refractivity contribution in [1.29, 1.82) is 0 Å². The maximum atomic E-state index is 11.4. The Balaban J connectivity index is 1.75. The molecule has 0 aromatic carbocycles. The zero-order chi connectivity index (χ0) is 15.2. The molecule has 1 heterocycles. The SMILES string of the molecule is COC(=O)c1ccc(C(C)NCCC2CCCC(C)C2)o1. The van der Waals surface area contributed by atoms with Crippen LogP contribution in [0.2, 0.25) is 0 Å². The number of nitrogens with one attached hydrogen (secondary N) is 1. The largest absolute Gasteiger partial charge is 0.463 e. The Kier molecular flexibility index (Phi) is 5.85. The number of methoxy groups -OCH3 is 1. The van der Waals surface area contributed by atoms with Gasteiger partial charge in [-0.1, -0.05) is 26.2 Å². The zero-order valence-corrected chi connectivity index (χ0v) is 13.4. The molecule has 21 heavy (non-hydrogen) atoms. The Labute approximate surface area is 127 Å². The van der Waals surface area contributed by atoms with Crippen molar-refractivity contribution in [2.75, 3.05) is 13.7 Å². The van der Waals surface area contributed by atoms with Crippen molar-refractivity contribution in [3.63, 3.8) is 0 Å². The standard InChI is InChI=1S/C17H27NO3/c1-12-5-4-6-14(11-12)9-10-18-13(2)15-7-8-16(21-15)17(19)20-3/h7-8,12-14,18H,4-6,9-11H2,1-3H3. The molecule has 1 aliphatic carbocycles. The summed E-state index contributed by atoms with van der Waals surface area (Å²) >= 11 is 0. The molecule has 118 valence electrons. The van der Waals surface area contributed by atoms with Crippen LogP contribution in [0.3, 0.4) is 0 Å². The molecule has 4 nitrogen and oxygen atoms in total. The molecule has 0 radical (unpaired) electrons. The summed E-state index contributed by atoms with van der Waals surface area (Å²) in [5.41, 5.74) is 0. The average molecular weight is 293 g/mol. The van der Waals surface area contributed by atoms with Crippen LogP contribution in [-0.4, -0.2) is 19.6 Å². The third-order valence-corrected chi connectivity index (χ3v) is 4.49. The predicted octanol–water partition coefficient (Wildman–Crippen LogP) is 3.93. The summed E-state index contributed by atoms with van der Waals surface area (Å²) in [6.07, 6.45) is 6.72. The van der Waals surface area contributed by atoms with Gasteiger partial charge in [-0.25, -0.2) is 4.79 Å². The van der Waals surface area contributed by atoms with Crippen molar-refractivity contribution in [2.45, 2.75) is 52.0 Å². The maximum absolute atomic E-state index is 11.4. The van der Waals surface area contributed by atoms with Crippen molar-refractivity contribution in [3.05, 3.63) is 23.7 Å². The number of rotatable bonds is 6. The van der Waals surface area contributed by atoms with E-state index in [0.717, 1.165) is 24.1 Å². The molecule has 1 fully saturated rings. The molecule has 1 aromatic rings. The Hall–Kier alpha value is -1.29. The lowest BCUT2D eigenvalue weighted by Gasteiger charge is -2.27. The second kappa shape index (κ2) is 7.64. The average Bonchev–Trinajstić information content (AvgIpc) is 2.96. The first-order valence-corrected chi connectivity index (χ1v) is 8.01. The summed E-state index contributed by atoms with van der Waals surface area (Å²) in [5, 5.41) is 3.49. The van der Waals surface area contributed by atoms with E-state index in [1.807, 2.05) is 6.07 Å². The first-order valence-electron chi connectivity index (χ1n) is 8.01. The van der Waals surface area contributed by atoms with Gasteiger partial charge in [0.25, 0.3) is 0 Å². The van der Waals surface area contributed by atoms with E-state index in [1.54, 1.807) is 6.07 Å². The predicted molar refractivity (Wildman–Crippen MR) is 82.2 cm³/mol. The van der Waals surface area contributed by atoms with E-state index in [0.29, 0.717) is 0 Å². The van der Waals surface area contributed by atoms with Gasteiger partial charge in [0.1, 0.15) is 5.76 Å². The van der Waals surface area contributed by atoms with Crippen LogP contribution in [0.5, 0.6) is 0 Å². The minimum atomic E-state index is -0.426. The molecule has 2 rings (SSSR count). The number of ether oxygens (including phenoxy) is 1. The van der Waals surface area contributed by atoms with Crippen LogP contribution >= 0.6 is 0 Å². The van der Waals surface area contributed by atoms with Crippen LogP contribution in [-0.2, 0) is 4.74 Å². The summed E-state index contributed by atoms with van der Waals surface area (Å²) in [4.78, 5) is 11.4. The molecule has 0 amide bonds. The second-order valence-electron chi connectivity index (χ2n) is 6.30. The molecule has 3 atom stereocenters. The van der Waals surface area contributed by atoms with Gasteiger partial charge in [0.2, 0.25) is 5.76 Å². The van der Waals surface area contributed by atoms with Gasteiger partial charge in [-0.05, 0) is 50.3 Å². The van der Waals surface area contributed by atoms with Gasteiger partial charge in [-0.3, -0.25) is 0 Å². The van der Waals surface area contributed by atoms with E-state index in [9.17, 15) is 4.79 Å². The van der Waals surface area contributed by atoms with Crippen LogP contribution in [0, 0.1) is 11.8 Å². The highest BCUT2D eigenvalue weighted by Crippen LogP contribution is 2.30. The molecule has 1 aromatic heterocycles. The van der Waals surface area contributed by atoms with E-state index in [4.69, 9.17) is 4.42 Å². The molecule has 1 saturated carbocycles. The highest BCUT2D eigenvalue weighted by molar-refractivity contribution is 5.86. The van der Waals surface area contributed by atoms with Crippen molar-refractivity contribution in [3.8, 4) is 0 Å². The van der Waals surface area contributed by atoms with Gasteiger partial charge < -0.3 is 14.5 Å². The van der Waals surface area contributed by atoms with Crippen molar-refractivity contribution in [1.82, 2.24) is 5.32 Å². The molecule has 0 saturated heterocycles. The van der Waals surface area contributed by atoms with Crippen LogP contribution in [0.4, 0.5) is 0 Å². The van der Waals surface area contributed by atoms with Crippen LogP contribution in [0.1, 0.15) is 68.3 Å². The molecule has 1 aliphatic rings. The first-order chi connectivity index (χ1) is 10.1. The molecule has 4 heteroatoms. The summed E-state index contributed by atoms with van der Waals surface area (Å²) < 4.78 is 10.2. The Morgan fingerprint density at radius 2 is 2.29 bits per heavy atom. The van der Waals surface area contributed by atoms with Gasteiger partial charge in [0.05, 0.1) is 13.2 Å². The van der Waals surface area contributed by atoms with E-state index in [1.165, 1.54) is 39.2 Å². The van der Waals surface area contributed by atoms with Crippen molar-refractivity contribution < 1.29 is 13.9 Å². The maximum Gasteiger partial charge on any atom is 0.373 e. The van der Waals surface area contributed by atoms with E-state index < -0.39 is 5.97 Å². The number of hydrogen-bond donors (Lipinski definition) is 1. The number of carbonyl (C=O) groups excluding carboxylic acids is 1. The molecule has 0 spiro atoms. The van der Waals surface area contributed by atoms with Gasteiger partial charge in [0, 0.05) is 0 Å². The lowest BCUT2D eigenvalue weighted by Crippen LogP contribution is -2.23. The Bertz CT molecular complexity index is 455. The molecule has 0 aliphatic heterocycles. The third kappa shape index (κ3) is 4.60. The zero-order valence-electron chi connectivity index (χ0n) is 13.4. The Morgan fingerprint density at radius 1 is 1.48 bits per heavy atom. The fourth-order valence-corrected chi connectivity index (χ4v) is 3.22. The number of esters is 1. The van der Waals surface area contributed by atoms with Gasteiger partial charge in [0.15, 0.2) is 0 Å². The highest BCUT2D eigenvalue weighted by Gasteiger charge is 2.19. The molecular weight excluding hydrogens is 266 g/mol. The number of hydrogen-bond acceptors (Lipinski definition) is 4. The topological polar surface area (TPSA) is 51.5 Å². The monoisotopic (exact) mass is 293 g/mol. The first kappa shape index (κ1) is 16.1. The highest BCUT2D eigenvalue weighted by atomic mass is 16.5. The van der Waals surface area contributed by atoms with Crippen LogP contribution in [0.15, 0.2) is 16.5 Å². The van der Waals surface area contributed by atoms with E-state index in [-0.39, 0.29) is 11.8 Å². The number of carbonyl (C=O) groups is 1. The van der Waals surface area contributed by atoms with Crippen molar-refractivity contribution >= 4 is 5.97 Å². The summed E-state index contributed by atoms with van der Waals surface area (Å²) in [5.74, 6) is 2.36. The minimum absolute atomic E-state index is 0.115. The fraction of sp³-hybridized carbons (Fsp3) is 0.706. The van der Waals surface area contributed by atoms with Gasteiger partial charge in [-0.15, -0.1) is 0 Å². The summed E-state index contributed by atoms with van der Waals surface area (Å²) in [6, 6.07) is 3.62. The van der Waals surface area contributed by atoms with Crippen LogP contribution in [0.25, 0.3) is 0 Å². The molecule has 0 bridgehead atoms. The smallest absolute Gasteiger partial charge is 0.373 e. The second-order valence-corrected chi connectivity index (χ2v) is 6.30. The molecule has 1 N–H and O–H groups in total. The fourth-order valence-electron chi connectivity index (χ4n) is 3.22. The van der Waals surface area contributed by atoms with E-state index in [2.05, 4.69) is 23.9 Å². The van der Waals surface area contributed by atoms with Crippen molar-refractivity contribution in [2.24, 2.45) is 11.8 Å². The van der Waals surface area contributed by atoms with E-state index >= 15 is 0 Å². The van der Waals surface area contributed by atoms with Gasteiger partial charge >= 0.3 is 5.97 Å². The quantitative estimate of drug-likeness (QED) is 0.807. The number of furan rings is 1. The summed E-state index contributed by atoms with van der Waals surface area (Å²) in [7, 11) is 1.36. The lowest BCUT2D eigenvalue weighted by molar-refractivity contribution is 0.0562. The van der Waals surface area contributed by atoms with Gasteiger partial charge in [-0.2, -0.15) is 0 Å². The van der Waals surface area contributed by atoms with Crippen LogP contribution < -0.4 is 5.32 Å². The lowest BCUT2D eigenvalue weighted by atomic mass is 9.81. The normalized spacial score (nSPS) is 23.8.